The third kappa shape index (κ3) is 6.24. The predicted molar refractivity (Wildman–Crippen MR) is 99.8 cm³/mol. The van der Waals surface area contributed by atoms with Gasteiger partial charge in [0, 0.05) is 24.5 Å². The van der Waals surface area contributed by atoms with Gasteiger partial charge in [-0.1, -0.05) is 18.2 Å². The van der Waals surface area contributed by atoms with Crippen LogP contribution in [0.1, 0.15) is 21.6 Å². The van der Waals surface area contributed by atoms with Gasteiger partial charge in [0.15, 0.2) is 0 Å². The number of hydrogen-bond acceptors (Lipinski definition) is 4. The lowest BCUT2D eigenvalue weighted by Crippen LogP contribution is -2.22. The Kier molecular flexibility index (Phi) is 6.01. The van der Waals surface area contributed by atoms with Gasteiger partial charge in [-0.05, 0) is 48.9 Å². The summed E-state index contributed by atoms with van der Waals surface area (Å²) in [5, 5.41) is 2.79. The maximum absolute atomic E-state index is 12.3. The van der Waals surface area contributed by atoms with Crippen molar-refractivity contribution in [3.8, 4) is 17.2 Å². The number of ether oxygens (including phenoxy) is 2. The molecule has 5 nitrogen and oxygen atoms in total. The molecule has 0 saturated heterocycles. The van der Waals surface area contributed by atoms with Crippen molar-refractivity contribution in [2.45, 2.75) is 19.8 Å². The summed E-state index contributed by atoms with van der Waals surface area (Å²) in [5.74, 6) is 0.0471. The number of rotatable bonds is 6. The molecule has 0 aliphatic carbocycles. The Bertz CT molecular complexity index is 972. The largest absolute Gasteiger partial charge is 0.573 e. The molecule has 0 radical (unpaired) electrons. The molecule has 0 bridgehead atoms. The minimum Gasteiger partial charge on any atom is -0.457 e. The molecule has 0 fully saturated rings. The van der Waals surface area contributed by atoms with Gasteiger partial charge in [0.05, 0.1) is 5.56 Å². The van der Waals surface area contributed by atoms with Crippen LogP contribution in [0.15, 0.2) is 66.9 Å². The quantitative estimate of drug-likeness (QED) is 0.630. The van der Waals surface area contributed by atoms with Crippen molar-refractivity contribution >= 4 is 5.91 Å². The molecule has 8 heteroatoms. The van der Waals surface area contributed by atoms with Crippen molar-refractivity contribution < 1.29 is 27.4 Å². The van der Waals surface area contributed by atoms with E-state index in [2.05, 4.69) is 15.0 Å². The molecule has 3 rings (SSSR count). The molecule has 150 valence electrons. The van der Waals surface area contributed by atoms with Crippen LogP contribution in [0.25, 0.3) is 0 Å². The average Bonchev–Trinajstić information content (AvgIpc) is 2.67. The van der Waals surface area contributed by atoms with Crippen LogP contribution in [0.2, 0.25) is 0 Å². The molecule has 29 heavy (non-hydrogen) atoms. The molecule has 0 aliphatic rings. The molecule has 0 aliphatic heterocycles. The smallest absolute Gasteiger partial charge is 0.457 e. The number of carbonyl (C=O) groups excluding carboxylic acids is 1. The van der Waals surface area contributed by atoms with Crippen molar-refractivity contribution in [2.24, 2.45) is 0 Å². The predicted octanol–water partition coefficient (Wildman–Crippen LogP) is 5.01. The molecule has 0 saturated carbocycles. The summed E-state index contributed by atoms with van der Waals surface area (Å²) in [6.45, 7) is 2.15. The summed E-state index contributed by atoms with van der Waals surface area (Å²) in [6.07, 6.45) is -3.25. The summed E-state index contributed by atoms with van der Waals surface area (Å²) in [6, 6.07) is 15.5. The maximum Gasteiger partial charge on any atom is 0.573 e. The van der Waals surface area contributed by atoms with E-state index in [-0.39, 0.29) is 17.4 Å². The van der Waals surface area contributed by atoms with Gasteiger partial charge in [0.25, 0.3) is 5.91 Å². The second kappa shape index (κ2) is 8.64. The van der Waals surface area contributed by atoms with Gasteiger partial charge < -0.3 is 14.8 Å². The number of amides is 1. The third-order valence-electron chi connectivity index (χ3n) is 3.82. The molecule has 2 aromatic carbocycles. The van der Waals surface area contributed by atoms with E-state index < -0.39 is 6.36 Å². The van der Waals surface area contributed by atoms with Crippen LogP contribution in [-0.4, -0.2) is 17.3 Å². The molecule has 0 atom stereocenters. The highest BCUT2D eigenvalue weighted by atomic mass is 19.4. The SMILES string of the molecule is Cc1ccc(C(=O)NCc2ccc(Oc3cccc(OC(F)(F)F)c3)cc2)cn1. The summed E-state index contributed by atoms with van der Waals surface area (Å²) < 4.78 is 46.3. The van der Waals surface area contributed by atoms with E-state index in [0.717, 1.165) is 17.3 Å². The van der Waals surface area contributed by atoms with Crippen LogP contribution in [0.3, 0.4) is 0 Å². The highest BCUT2D eigenvalue weighted by molar-refractivity contribution is 5.93. The van der Waals surface area contributed by atoms with Crippen LogP contribution in [0.4, 0.5) is 13.2 Å². The van der Waals surface area contributed by atoms with Gasteiger partial charge in [-0.3, -0.25) is 9.78 Å². The number of nitrogens with one attached hydrogen (secondary N) is 1. The lowest BCUT2D eigenvalue weighted by atomic mass is 10.2. The van der Waals surface area contributed by atoms with E-state index in [9.17, 15) is 18.0 Å². The van der Waals surface area contributed by atoms with Gasteiger partial charge in [-0.2, -0.15) is 0 Å². The fourth-order valence-corrected chi connectivity index (χ4v) is 2.43. The number of aromatic nitrogens is 1. The van der Waals surface area contributed by atoms with E-state index in [0.29, 0.717) is 17.9 Å². The van der Waals surface area contributed by atoms with Crippen LogP contribution in [0.5, 0.6) is 17.2 Å². The van der Waals surface area contributed by atoms with Crippen molar-refractivity contribution in [3.63, 3.8) is 0 Å². The molecular formula is C21H17F3N2O3. The minimum atomic E-state index is -4.76. The number of nitrogens with zero attached hydrogens (tertiary/aromatic N) is 1. The Hall–Kier alpha value is -3.55. The van der Waals surface area contributed by atoms with Gasteiger partial charge in [0.1, 0.15) is 17.2 Å². The zero-order valence-electron chi connectivity index (χ0n) is 15.4. The fourth-order valence-electron chi connectivity index (χ4n) is 2.43. The van der Waals surface area contributed by atoms with Crippen molar-refractivity contribution in [1.82, 2.24) is 10.3 Å². The number of pyridine rings is 1. The Labute approximate surface area is 165 Å². The first kappa shape index (κ1) is 20.2. The normalized spacial score (nSPS) is 11.0. The fraction of sp³-hybridized carbons (Fsp3) is 0.143. The number of benzene rings is 2. The molecule has 1 heterocycles. The van der Waals surface area contributed by atoms with Gasteiger partial charge in [-0.25, -0.2) is 0 Å². The summed E-state index contributed by atoms with van der Waals surface area (Å²) in [7, 11) is 0. The molecular weight excluding hydrogens is 385 g/mol. The van der Waals surface area contributed by atoms with Crippen molar-refractivity contribution in [3.05, 3.63) is 83.7 Å². The number of carbonyl (C=O) groups is 1. The van der Waals surface area contributed by atoms with Crippen LogP contribution in [0, 0.1) is 6.92 Å². The standard InChI is InChI=1S/C21H17F3N2O3/c1-14-5-8-16(13-25-14)20(27)26-12-15-6-9-17(10-7-15)28-18-3-2-4-19(11-18)29-21(22,23)24/h2-11,13H,12H2,1H3,(H,26,27). The van der Waals surface area contributed by atoms with Crippen LogP contribution >= 0.6 is 0 Å². The molecule has 0 spiro atoms. The number of halogens is 3. The summed E-state index contributed by atoms with van der Waals surface area (Å²) in [5.41, 5.74) is 2.13. The topological polar surface area (TPSA) is 60.5 Å². The molecule has 1 amide bonds. The van der Waals surface area contributed by atoms with Crippen molar-refractivity contribution in [2.75, 3.05) is 0 Å². The molecule has 0 unspecified atom stereocenters. The van der Waals surface area contributed by atoms with Gasteiger partial charge in [-0.15, -0.1) is 13.2 Å². The van der Waals surface area contributed by atoms with Gasteiger partial charge >= 0.3 is 6.36 Å². The molecule has 1 N–H and O–H groups in total. The second-order valence-electron chi connectivity index (χ2n) is 6.14. The lowest BCUT2D eigenvalue weighted by molar-refractivity contribution is -0.274. The molecule has 1 aromatic heterocycles. The zero-order chi connectivity index (χ0) is 20.9. The highest BCUT2D eigenvalue weighted by Crippen LogP contribution is 2.28. The third-order valence-corrected chi connectivity index (χ3v) is 3.82. The monoisotopic (exact) mass is 402 g/mol. The Morgan fingerprint density at radius 1 is 1.00 bits per heavy atom. The summed E-state index contributed by atoms with van der Waals surface area (Å²) in [4.78, 5) is 16.2. The average molecular weight is 402 g/mol. The first-order valence-electron chi connectivity index (χ1n) is 8.62. The van der Waals surface area contributed by atoms with E-state index in [4.69, 9.17) is 4.74 Å². The Morgan fingerprint density at radius 2 is 1.72 bits per heavy atom. The van der Waals surface area contributed by atoms with E-state index in [1.807, 2.05) is 6.92 Å². The van der Waals surface area contributed by atoms with Crippen LogP contribution < -0.4 is 14.8 Å². The van der Waals surface area contributed by atoms with Crippen molar-refractivity contribution in [1.29, 1.82) is 0 Å². The van der Waals surface area contributed by atoms with E-state index in [1.54, 1.807) is 36.4 Å². The summed E-state index contributed by atoms with van der Waals surface area (Å²) >= 11 is 0. The zero-order valence-corrected chi connectivity index (χ0v) is 15.4. The maximum atomic E-state index is 12.3. The number of hydrogen-bond donors (Lipinski definition) is 1. The second-order valence-corrected chi connectivity index (χ2v) is 6.14. The molecule has 3 aromatic rings. The first-order chi connectivity index (χ1) is 13.8. The van der Waals surface area contributed by atoms with Gasteiger partial charge in [0.2, 0.25) is 0 Å². The van der Waals surface area contributed by atoms with E-state index in [1.165, 1.54) is 24.4 Å². The Morgan fingerprint density at radius 3 is 2.38 bits per heavy atom. The lowest BCUT2D eigenvalue weighted by Gasteiger charge is -2.11. The Balaban J connectivity index is 1.57. The van der Waals surface area contributed by atoms with Crippen LogP contribution in [-0.2, 0) is 6.54 Å². The van der Waals surface area contributed by atoms with E-state index >= 15 is 0 Å². The minimum absolute atomic E-state index is 0.208. The highest BCUT2D eigenvalue weighted by Gasteiger charge is 2.31. The number of aryl methyl sites for hydroxylation is 1. The first-order valence-corrected chi connectivity index (χ1v) is 8.62. The number of alkyl halides is 3.